The van der Waals surface area contributed by atoms with E-state index in [0.29, 0.717) is 42.0 Å². The SMILES string of the molecule is CCOc1ccc([C@@H]2CC(=O)C3=C(C2)NC(C)=C(C(=O)OC[C@H]2CCCO2)[C@@H]3c2cc(Cl)c(O)c(OC)c2)cc1. The molecular weight excluding hydrogens is 534 g/mol. The first-order valence-electron chi connectivity index (χ1n) is 13.6. The molecule has 0 radical (unpaired) electrons. The van der Waals surface area contributed by atoms with E-state index in [2.05, 4.69) is 5.32 Å². The fraction of sp³-hybridized carbons (Fsp3) is 0.419. The van der Waals surface area contributed by atoms with Crippen LogP contribution in [-0.4, -0.2) is 49.9 Å². The number of carbonyl (C=O) groups excluding carboxylic acids is 2. The molecule has 2 heterocycles. The summed E-state index contributed by atoms with van der Waals surface area (Å²) in [6, 6.07) is 11.0. The lowest BCUT2D eigenvalue weighted by molar-refractivity contribution is -0.142. The summed E-state index contributed by atoms with van der Waals surface area (Å²) in [5.74, 6) is -0.636. The number of dihydropyridines is 1. The molecule has 3 atom stereocenters. The highest BCUT2D eigenvalue weighted by atomic mass is 35.5. The van der Waals surface area contributed by atoms with E-state index in [0.717, 1.165) is 29.9 Å². The van der Waals surface area contributed by atoms with Crippen LogP contribution in [0, 0.1) is 0 Å². The number of Topliss-reactive ketones (excluding diaryl/α,β-unsaturated/α-hetero) is 1. The van der Waals surface area contributed by atoms with Gasteiger partial charge in [-0.3, -0.25) is 4.79 Å². The molecule has 0 spiro atoms. The van der Waals surface area contributed by atoms with E-state index in [1.54, 1.807) is 12.1 Å². The first kappa shape index (κ1) is 28.1. The van der Waals surface area contributed by atoms with E-state index in [-0.39, 0.29) is 47.4 Å². The average Bonchev–Trinajstić information content (AvgIpc) is 3.47. The van der Waals surface area contributed by atoms with Crippen LogP contribution in [0.2, 0.25) is 5.02 Å². The molecule has 2 aromatic carbocycles. The number of phenolic OH excluding ortho intramolecular Hbond substituents is 1. The van der Waals surface area contributed by atoms with Gasteiger partial charge in [0.25, 0.3) is 0 Å². The molecule has 212 valence electrons. The Morgan fingerprint density at radius 1 is 1.18 bits per heavy atom. The first-order valence-corrected chi connectivity index (χ1v) is 14.0. The maximum atomic E-state index is 13.9. The lowest BCUT2D eigenvalue weighted by atomic mass is 9.71. The van der Waals surface area contributed by atoms with Crippen molar-refractivity contribution in [1.82, 2.24) is 5.32 Å². The molecule has 9 heteroatoms. The molecule has 5 rings (SSSR count). The van der Waals surface area contributed by atoms with Crippen LogP contribution in [0.5, 0.6) is 17.2 Å². The Morgan fingerprint density at radius 2 is 1.95 bits per heavy atom. The summed E-state index contributed by atoms with van der Waals surface area (Å²) >= 11 is 6.37. The number of benzene rings is 2. The third kappa shape index (κ3) is 5.56. The first-order chi connectivity index (χ1) is 19.3. The van der Waals surface area contributed by atoms with Crippen LogP contribution >= 0.6 is 11.6 Å². The minimum absolute atomic E-state index is 0.0335. The molecular formula is C31H34ClNO7. The number of esters is 1. The van der Waals surface area contributed by atoms with E-state index in [4.69, 9.17) is 30.5 Å². The zero-order valence-electron chi connectivity index (χ0n) is 22.9. The molecule has 0 aromatic heterocycles. The van der Waals surface area contributed by atoms with E-state index < -0.39 is 11.9 Å². The summed E-state index contributed by atoms with van der Waals surface area (Å²) in [7, 11) is 1.42. The molecule has 0 saturated carbocycles. The number of carbonyl (C=O) groups is 2. The highest BCUT2D eigenvalue weighted by Gasteiger charge is 2.42. The van der Waals surface area contributed by atoms with Crippen molar-refractivity contribution in [2.75, 3.05) is 26.9 Å². The van der Waals surface area contributed by atoms with E-state index in [9.17, 15) is 14.7 Å². The summed E-state index contributed by atoms with van der Waals surface area (Å²) in [6.45, 7) is 5.12. The van der Waals surface area contributed by atoms with Crippen LogP contribution in [0.1, 0.15) is 62.5 Å². The summed E-state index contributed by atoms with van der Waals surface area (Å²) in [5, 5.41) is 13.8. The highest BCUT2D eigenvalue weighted by Crippen LogP contribution is 2.48. The number of ether oxygens (including phenoxy) is 4. The molecule has 2 aliphatic heterocycles. The molecule has 1 saturated heterocycles. The van der Waals surface area contributed by atoms with Crippen LogP contribution in [-0.2, 0) is 19.1 Å². The van der Waals surface area contributed by atoms with Crippen molar-refractivity contribution < 1.29 is 33.6 Å². The van der Waals surface area contributed by atoms with Crippen LogP contribution in [0.4, 0.5) is 0 Å². The Bertz CT molecular complexity index is 1360. The van der Waals surface area contributed by atoms with Crippen molar-refractivity contribution in [3.8, 4) is 17.2 Å². The van der Waals surface area contributed by atoms with Gasteiger partial charge >= 0.3 is 5.97 Å². The average molecular weight is 568 g/mol. The molecule has 1 fully saturated rings. The molecule has 0 amide bonds. The Kier molecular flexibility index (Phi) is 8.38. The van der Waals surface area contributed by atoms with Crippen LogP contribution in [0.3, 0.4) is 0 Å². The van der Waals surface area contributed by atoms with E-state index >= 15 is 0 Å². The Morgan fingerprint density at radius 3 is 2.62 bits per heavy atom. The maximum Gasteiger partial charge on any atom is 0.336 e. The van der Waals surface area contributed by atoms with Crippen molar-refractivity contribution in [3.05, 3.63) is 75.1 Å². The van der Waals surface area contributed by atoms with Gasteiger partial charge in [-0.2, -0.15) is 0 Å². The lowest BCUT2D eigenvalue weighted by Crippen LogP contribution is -2.36. The number of hydrogen-bond acceptors (Lipinski definition) is 8. The molecule has 0 bridgehead atoms. The van der Waals surface area contributed by atoms with Gasteiger partial charge in [-0.05, 0) is 74.4 Å². The van der Waals surface area contributed by atoms with Gasteiger partial charge in [0.2, 0.25) is 0 Å². The Balaban J connectivity index is 1.52. The molecule has 3 aliphatic rings. The second kappa shape index (κ2) is 11.9. The van der Waals surface area contributed by atoms with Crippen LogP contribution in [0.25, 0.3) is 0 Å². The Labute approximate surface area is 238 Å². The second-order valence-electron chi connectivity index (χ2n) is 10.3. The van der Waals surface area contributed by atoms with Crippen molar-refractivity contribution in [2.45, 2.75) is 57.5 Å². The van der Waals surface area contributed by atoms with E-state index in [1.807, 2.05) is 38.1 Å². The molecule has 8 nitrogen and oxygen atoms in total. The second-order valence-corrected chi connectivity index (χ2v) is 10.7. The third-order valence-electron chi connectivity index (χ3n) is 7.74. The van der Waals surface area contributed by atoms with Gasteiger partial charge in [0.05, 0.1) is 30.4 Å². The number of methoxy groups -OCH3 is 1. The number of ketones is 1. The topological polar surface area (TPSA) is 103 Å². The number of rotatable bonds is 8. The zero-order valence-corrected chi connectivity index (χ0v) is 23.7. The normalized spacial score (nSPS) is 22.6. The minimum atomic E-state index is -0.742. The van der Waals surface area contributed by atoms with Crippen LogP contribution < -0.4 is 14.8 Å². The van der Waals surface area contributed by atoms with Gasteiger partial charge in [-0.25, -0.2) is 4.79 Å². The van der Waals surface area contributed by atoms with Gasteiger partial charge in [0.1, 0.15) is 12.4 Å². The van der Waals surface area contributed by atoms with Crippen molar-refractivity contribution in [1.29, 1.82) is 0 Å². The largest absolute Gasteiger partial charge is 0.503 e. The molecule has 2 N–H and O–H groups in total. The number of allylic oxidation sites excluding steroid dienone is 3. The summed E-state index contributed by atoms with van der Waals surface area (Å²) < 4.78 is 22.3. The predicted molar refractivity (Wildman–Crippen MR) is 150 cm³/mol. The predicted octanol–water partition coefficient (Wildman–Crippen LogP) is 5.54. The van der Waals surface area contributed by atoms with E-state index in [1.165, 1.54) is 7.11 Å². The minimum Gasteiger partial charge on any atom is -0.503 e. The summed E-state index contributed by atoms with van der Waals surface area (Å²) in [4.78, 5) is 27.5. The summed E-state index contributed by atoms with van der Waals surface area (Å²) in [5.41, 5.74) is 3.79. The molecule has 0 unspecified atom stereocenters. The number of phenols is 1. The fourth-order valence-corrected chi connectivity index (χ4v) is 6.04. The quantitative estimate of drug-likeness (QED) is 0.401. The van der Waals surface area contributed by atoms with Crippen molar-refractivity contribution >= 4 is 23.4 Å². The standard InChI is InChI=1S/C31H34ClNO7/c1-4-38-21-9-7-18(8-10-21)19-13-24-29(25(34)14-19)28(20-12-23(32)30(35)26(15-20)37-3)27(17(2)33-24)31(36)40-16-22-6-5-11-39-22/h7-10,12,15,19,22,28,33,35H,4-6,11,13-14,16H2,1-3H3/t19-,22+,28-/m0/s1. The van der Waals surface area contributed by atoms with Gasteiger partial charge in [0, 0.05) is 35.9 Å². The van der Waals surface area contributed by atoms with Crippen molar-refractivity contribution in [2.24, 2.45) is 0 Å². The molecule has 2 aromatic rings. The lowest BCUT2D eigenvalue weighted by Gasteiger charge is -2.37. The number of nitrogens with one attached hydrogen (secondary N) is 1. The third-order valence-corrected chi connectivity index (χ3v) is 8.03. The number of aromatic hydroxyl groups is 1. The maximum absolute atomic E-state index is 13.9. The van der Waals surface area contributed by atoms with Crippen LogP contribution in [0.15, 0.2) is 58.9 Å². The van der Waals surface area contributed by atoms with Gasteiger partial charge < -0.3 is 29.4 Å². The van der Waals surface area contributed by atoms with Gasteiger partial charge in [-0.15, -0.1) is 0 Å². The van der Waals surface area contributed by atoms with Crippen molar-refractivity contribution in [3.63, 3.8) is 0 Å². The van der Waals surface area contributed by atoms with Gasteiger partial charge in [-0.1, -0.05) is 23.7 Å². The number of halogens is 1. The fourth-order valence-electron chi connectivity index (χ4n) is 5.82. The number of hydrogen-bond donors (Lipinski definition) is 2. The highest BCUT2D eigenvalue weighted by molar-refractivity contribution is 6.32. The molecule has 40 heavy (non-hydrogen) atoms. The molecule has 1 aliphatic carbocycles. The summed E-state index contributed by atoms with van der Waals surface area (Å²) in [6.07, 6.45) is 2.50. The zero-order chi connectivity index (χ0) is 28.4. The monoisotopic (exact) mass is 567 g/mol. The van der Waals surface area contributed by atoms with Gasteiger partial charge in [0.15, 0.2) is 17.3 Å². The smallest absolute Gasteiger partial charge is 0.336 e. The Hall–Kier alpha value is -3.49.